The zero-order valence-electron chi connectivity index (χ0n) is 10.5. The number of amides is 2. The molecular weight excluding hydrogens is 206 g/mol. The molecule has 2 atom stereocenters. The molecule has 2 amide bonds. The number of aliphatic hydroxyl groups is 1. The molecule has 0 aliphatic carbocycles. The Hall–Kier alpha value is -0.900. The van der Waals surface area contributed by atoms with Gasteiger partial charge in [-0.1, -0.05) is 20.8 Å². The summed E-state index contributed by atoms with van der Waals surface area (Å²) in [5.74, 6) is -0.224. The standard InChI is InChI=1S/C12H21NO3/c1-8(2)6-12(4,16)7-13-10(14)5-9(3)11(13)15/h8-9,16H,5-7H2,1-4H3. The molecule has 1 aliphatic rings. The Morgan fingerprint density at radius 2 is 2.06 bits per heavy atom. The van der Waals surface area contributed by atoms with E-state index < -0.39 is 5.60 Å². The van der Waals surface area contributed by atoms with Gasteiger partial charge in [0.2, 0.25) is 11.8 Å². The van der Waals surface area contributed by atoms with Crippen LogP contribution in [0, 0.1) is 11.8 Å². The molecule has 0 aromatic carbocycles. The maximum absolute atomic E-state index is 11.7. The van der Waals surface area contributed by atoms with E-state index in [1.807, 2.05) is 13.8 Å². The van der Waals surface area contributed by atoms with Gasteiger partial charge in [-0.05, 0) is 19.3 Å². The van der Waals surface area contributed by atoms with Gasteiger partial charge < -0.3 is 5.11 Å². The van der Waals surface area contributed by atoms with Crippen LogP contribution in [-0.2, 0) is 9.59 Å². The average Bonchev–Trinajstić information content (AvgIpc) is 2.29. The summed E-state index contributed by atoms with van der Waals surface area (Å²) in [6.45, 7) is 7.55. The summed E-state index contributed by atoms with van der Waals surface area (Å²) in [6.07, 6.45) is 0.856. The van der Waals surface area contributed by atoms with Crippen LogP contribution in [-0.4, -0.2) is 34.0 Å². The maximum atomic E-state index is 11.7. The minimum absolute atomic E-state index is 0.118. The second kappa shape index (κ2) is 4.53. The predicted molar refractivity (Wildman–Crippen MR) is 60.6 cm³/mol. The van der Waals surface area contributed by atoms with Gasteiger partial charge in [0.25, 0.3) is 0 Å². The lowest BCUT2D eigenvalue weighted by molar-refractivity contribution is -0.143. The number of hydrogen-bond donors (Lipinski definition) is 1. The van der Waals surface area contributed by atoms with Crippen molar-refractivity contribution in [2.75, 3.05) is 6.54 Å². The molecule has 4 nitrogen and oxygen atoms in total. The number of rotatable bonds is 4. The Balaban J connectivity index is 2.66. The molecular formula is C12H21NO3. The van der Waals surface area contributed by atoms with Crippen LogP contribution in [0.3, 0.4) is 0 Å². The summed E-state index contributed by atoms with van der Waals surface area (Å²) in [5, 5.41) is 10.1. The number of likely N-dealkylation sites (tertiary alicyclic amines) is 1. The lowest BCUT2D eigenvalue weighted by Crippen LogP contribution is -2.44. The van der Waals surface area contributed by atoms with Gasteiger partial charge in [-0.15, -0.1) is 0 Å². The van der Waals surface area contributed by atoms with Gasteiger partial charge in [0.05, 0.1) is 12.1 Å². The molecule has 0 aromatic rings. The predicted octanol–water partition coefficient (Wildman–Crippen LogP) is 1.18. The smallest absolute Gasteiger partial charge is 0.232 e. The average molecular weight is 227 g/mol. The van der Waals surface area contributed by atoms with E-state index in [2.05, 4.69) is 0 Å². The summed E-state index contributed by atoms with van der Waals surface area (Å²) in [6, 6.07) is 0. The van der Waals surface area contributed by atoms with Gasteiger partial charge in [-0.25, -0.2) is 0 Å². The second-order valence-electron chi connectivity index (χ2n) is 5.52. The Kier molecular flexibility index (Phi) is 3.73. The monoisotopic (exact) mass is 227 g/mol. The van der Waals surface area contributed by atoms with Gasteiger partial charge in [-0.3, -0.25) is 14.5 Å². The van der Waals surface area contributed by atoms with Gasteiger partial charge in [0, 0.05) is 12.3 Å². The number of hydrogen-bond acceptors (Lipinski definition) is 3. The quantitative estimate of drug-likeness (QED) is 0.734. The second-order valence-corrected chi connectivity index (χ2v) is 5.52. The maximum Gasteiger partial charge on any atom is 0.232 e. The van der Waals surface area contributed by atoms with Crippen molar-refractivity contribution in [3.63, 3.8) is 0 Å². The fraction of sp³-hybridized carbons (Fsp3) is 0.833. The Labute approximate surface area is 96.6 Å². The van der Waals surface area contributed by atoms with Crippen LogP contribution in [0.5, 0.6) is 0 Å². The van der Waals surface area contributed by atoms with Crippen LogP contribution in [0.4, 0.5) is 0 Å². The first kappa shape index (κ1) is 13.2. The van der Waals surface area contributed by atoms with Crippen LogP contribution >= 0.6 is 0 Å². The molecule has 0 saturated carbocycles. The number of nitrogens with zero attached hydrogens (tertiary/aromatic N) is 1. The van der Waals surface area contributed by atoms with Crippen LogP contribution in [0.2, 0.25) is 0 Å². The molecule has 92 valence electrons. The molecule has 0 radical (unpaired) electrons. The molecule has 1 saturated heterocycles. The van der Waals surface area contributed by atoms with Crippen molar-refractivity contribution in [3.05, 3.63) is 0 Å². The van der Waals surface area contributed by atoms with Crippen LogP contribution < -0.4 is 0 Å². The van der Waals surface area contributed by atoms with E-state index in [9.17, 15) is 14.7 Å². The van der Waals surface area contributed by atoms with Gasteiger partial charge >= 0.3 is 0 Å². The van der Waals surface area contributed by atoms with Crippen LogP contribution in [0.25, 0.3) is 0 Å². The fourth-order valence-corrected chi connectivity index (χ4v) is 2.30. The topological polar surface area (TPSA) is 57.6 Å². The highest BCUT2D eigenvalue weighted by atomic mass is 16.3. The van der Waals surface area contributed by atoms with Crippen molar-refractivity contribution in [3.8, 4) is 0 Å². The zero-order valence-corrected chi connectivity index (χ0v) is 10.5. The minimum Gasteiger partial charge on any atom is -0.388 e. The van der Waals surface area contributed by atoms with Crippen molar-refractivity contribution in [2.45, 2.75) is 46.1 Å². The SMILES string of the molecule is CC(C)CC(C)(O)CN1C(=O)CC(C)C1=O. The molecule has 0 spiro atoms. The third kappa shape index (κ3) is 3.04. The van der Waals surface area contributed by atoms with E-state index in [0.29, 0.717) is 12.3 Å². The first-order chi connectivity index (χ1) is 7.23. The molecule has 1 rings (SSSR count). The van der Waals surface area contributed by atoms with Crippen LogP contribution in [0.15, 0.2) is 0 Å². The lowest BCUT2D eigenvalue weighted by Gasteiger charge is -2.29. The number of carbonyl (C=O) groups is 2. The molecule has 1 aliphatic heterocycles. The van der Waals surface area contributed by atoms with E-state index in [1.165, 1.54) is 4.90 Å². The summed E-state index contributed by atoms with van der Waals surface area (Å²) in [7, 11) is 0. The summed E-state index contributed by atoms with van der Waals surface area (Å²) in [5.41, 5.74) is -0.983. The molecule has 1 heterocycles. The molecule has 0 aromatic heterocycles. The number of carbonyl (C=O) groups excluding carboxylic acids is 2. The highest BCUT2D eigenvalue weighted by molar-refractivity contribution is 6.03. The zero-order chi connectivity index (χ0) is 12.5. The molecule has 4 heteroatoms. The third-order valence-corrected chi connectivity index (χ3v) is 2.82. The van der Waals surface area contributed by atoms with Crippen molar-refractivity contribution >= 4 is 11.8 Å². The normalized spacial score (nSPS) is 25.4. The molecule has 0 bridgehead atoms. The molecule has 16 heavy (non-hydrogen) atoms. The van der Waals surface area contributed by atoms with E-state index in [1.54, 1.807) is 13.8 Å². The van der Waals surface area contributed by atoms with E-state index >= 15 is 0 Å². The van der Waals surface area contributed by atoms with Crippen molar-refractivity contribution in [2.24, 2.45) is 11.8 Å². The van der Waals surface area contributed by atoms with Crippen LogP contribution in [0.1, 0.15) is 40.5 Å². The van der Waals surface area contributed by atoms with Gasteiger partial charge in [-0.2, -0.15) is 0 Å². The van der Waals surface area contributed by atoms with Gasteiger partial charge in [0.1, 0.15) is 0 Å². The van der Waals surface area contributed by atoms with E-state index in [-0.39, 0.29) is 30.7 Å². The minimum atomic E-state index is -0.983. The highest BCUT2D eigenvalue weighted by Crippen LogP contribution is 2.24. The van der Waals surface area contributed by atoms with E-state index in [4.69, 9.17) is 0 Å². The fourth-order valence-electron chi connectivity index (χ4n) is 2.30. The number of imide groups is 1. The summed E-state index contributed by atoms with van der Waals surface area (Å²) >= 11 is 0. The third-order valence-electron chi connectivity index (χ3n) is 2.82. The summed E-state index contributed by atoms with van der Waals surface area (Å²) < 4.78 is 0. The Morgan fingerprint density at radius 1 is 1.50 bits per heavy atom. The first-order valence-corrected chi connectivity index (χ1v) is 5.79. The number of β-amino-alcohol motifs (C(OH)–C–C–N with tert-alkyl or cyclic N) is 1. The van der Waals surface area contributed by atoms with Crippen molar-refractivity contribution < 1.29 is 14.7 Å². The largest absolute Gasteiger partial charge is 0.388 e. The Bertz CT molecular complexity index is 297. The molecule has 1 fully saturated rings. The first-order valence-electron chi connectivity index (χ1n) is 5.79. The highest BCUT2D eigenvalue weighted by Gasteiger charge is 2.39. The van der Waals surface area contributed by atoms with Gasteiger partial charge in [0.15, 0.2) is 0 Å². The van der Waals surface area contributed by atoms with Crippen molar-refractivity contribution in [1.29, 1.82) is 0 Å². The Morgan fingerprint density at radius 3 is 2.44 bits per heavy atom. The summed E-state index contributed by atoms with van der Waals surface area (Å²) in [4.78, 5) is 24.4. The van der Waals surface area contributed by atoms with E-state index in [0.717, 1.165) is 0 Å². The molecule has 2 unspecified atom stereocenters. The lowest BCUT2D eigenvalue weighted by atomic mass is 9.94. The molecule has 1 N–H and O–H groups in total. The van der Waals surface area contributed by atoms with Crippen molar-refractivity contribution in [1.82, 2.24) is 4.90 Å².